The van der Waals surface area contributed by atoms with E-state index >= 15 is 0 Å². The molecule has 1 aromatic heterocycles. The molecule has 0 spiro atoms. The van der Waals surface area contributed by atoms with Gasteiger partial charge in [0.2, 0.25) is 0 Å². The molecule has 3 nitrogen and oxygen atoms in total. The Morgan fingerprint density at radius 3 is 2.68 bits per heavy atom. The minimum atomic E-state index is 0.374. The third-order valence-corrected chi connectivity index (χ3v) is 3.02. The fourth-order valence-electron chi connectivity index (χ4n) is 1.63. The number of rotatable bonds is 5. The molecule has 0 amide bonds. The lowest BCUT2D eigenvalue weighted by Gasteiger charge is -2.08. The van der Waals surface area contributed by atoms with E-state index in [1.54, 1.807) is 18.2 Å². The van der Waals surface area contributed by atoms with Crippen LogP contribution in [0.5, 0.6) is 5.75 Å². The summed E-state index contributed by atoms with van der Waals surface area (Å²) in [6.45, 7) is 1.11. The second-order valence-electron chi connectivity index (χ2n) is 4.01. The van der Waals surface area contributed by atoms with Crippen molar-refractivity contribution in [1.82, 2.24) is 10.3 Å². The van der Waals surface area contributed by atoms with Crippen LogP contribution in [0.2, 0.25) is 10.0 Å². The second kappa shape index (κ2) is 6.75. The van der Waals surface area contributed by atoms with Crippen LogP contribution in [0, 0.1) is 0 Å². The summed E-state index contributed by atoms with van der Waals surface area (Å²) < 4.78 is 5.64. The predicted octanol–water partition coefficient (Wildman–Crippen LogP) is 3.69. The van der Waals surface area contributed by atoms with Gasteiger partial charge in [-0.2, -0.15) is 0 Å². The third kappa shape index (κ3) is 4.10. The fourth-order valence-corrected chi connectivity index (χ4v) is 2.10. The molecule has 2 rings (SSSR count). The zero-order valence-electron chi connectivity index (χ0n) is 10.5. The first-order chi connectivity index (χ1) is 9.19. The van der Waals surface area contributed by atoms with Gasteiger partial charge in [-0.25, -0.2) is 0 Å². The summed E-state index contributed by atoms with van der Waals surface area (Å²) in [5.41, 5.74) is 1.84. The van der Waals surface area contributed by atoms with E-state index in [1.165, 1.54) is 0 Å². The Balaban J connectivity index is 2.03. The standard InChI is InChI=1S/C14H14Cl2N2O/c1-17-8-11-3-2-4-12(18-11)9-19-14-6-5-10(15)7-13(14)16/h2-7,17H,8-9H2,1H3. The summed E-state index contributed by atoms with van der Waals surface area (Å²) in [6, 6.07) is 11.0. The quantitative estimate of drug-likeness (QED) is 0.914. The summed E-state index contributed by atoms with van der Waals surface area (Å²) in [7, 11) is 1.89. The number of hydrogen-bond donors (Lipinski definition) is 1. The van der Waals surface area contributed by atoms with Crippen molar-refractivity contribution in [2.24, 2.45) is 0 Å². The smallest absolute Gasteiger partial charge is 0.138 e. The molecule has 5 heteroatoms. The molecule has 0 saturated heterocycles. The number of aromatic nitrogens is 1. The van der Waals surface area contributed by atoms with Gasteiger partial charge >= 0.3 is 0 Å². The van der Waals surface area contributed by atoms with Gasteiger partial charge < -0.3 is 10.1 Å². The maximum absolute atomic E-state index is 6.04. The molecule has 100 valence electrons. The van der Waals surface area contributed by atoms with Crippen molar-refractivity contribution in [2.45, 2.75) is 13.2 Å². The maximum atomic E-state index is 6.04. The van der Waals surface area contributed by atoms with E-state index in [0.717, 1.165) is 17.9 Å². The minimum Gasteiger partial charge on any atom is -0.486 e. The van der Waals surface area contributed by atoms with E-state index in [0.29, 0.717) is 22.4 Å². The van der Waals surface area contributed by atoms with Gasteiger partial charge in [0.1, 0.15) is 12.4 Å². The van der Waals surface area contributed by atoms with Crippen LogP contribution in [0.25, 0.3) is 0 Å². The van der Waals surface area contributed by atoms with E-state index in [9.17, 15) is 0 Å². The molecule has 0 aliphatic heterocycles. The van der Waals surface area contributed by atoms with Gasteiger partial charge in [0.15, 0.2) is 0 Å². The van der Waals surface area contributed by atoms with Crippen LogP contribution in [0.15, 0.2) is 36.4 Å². The lowest BCUT2D eigenvalue weighted by Crippen LogP contribution is -2.08. The minimum absolute atomic E-state index is 0.374. The number of halogens is 2. The van der Waals surface area contributed by atoms with E-state index in [1.807, 2.05) is 25.2 Å². The summed E-state index contributed by atoms with van der Waals surface area (Å²) in [5.74, 6) is 0.604. The SMILES string of the molecule is CNCc1cccc(COc2ccc(Cl)cc2Cl)n1. The van der Waals surface area contributed by atoms with Gasteiger partial charge in [0.05, 0.1) is 16.4 Å². The summed E-state index contributed by atoms with van der Waals surface area (Å²) in [6.07, 6.45) is 0. The molecule has 0 bridgehead atoms. The zero-order chi connectivity index (χ0) is 13.7. The molecular formula is C14H14Cl2N2O. The van der Waals surface area contributed by atoms with Crippen LogP contribution in [0.1, 0.15) is 11.4 Å². The number of nitrogens with zero attached hydrogens (tertiary/aromatic N) is 1. The molecule has 2 aromatic rings. The van der Waals surface area contributed by atoms with Crippen LogP contribution in [-0.4, -0.2) is 12.0 Å². The number of benzene rings is 1. The van der Waals surface area contributed by atoms with E-state index < -0.39 is 0 Å². The molecule has 0 unspecified atom stereocenters. The van der Waals surface area contributed by atoms with Gasteiger partial charge in [-0.05, 0) is 37.4 Å². The topological polar surface area (TPSA) is 34.1 Å². The highest BCUT2D eigenvalue weighted by Crippen LogP contribution is 2.27. The number of hydrogen-bond acceptors (Lipinski definition) is 3. The molecule has 0 atom stereocenters. The Morgan fingerprint density at radius 2 is 1.95 bits per heavy atom. The molecule has 1 heterocycles. The first-order valence-electron chi connectivity index (χ1n) is 5.86. The van der Waals surface area contributed by atoms with Gasteiger partial charge in [-0.1, -0.05) is 29.3 Å². The largest absolute Gasteiger partial charge is 0.486 e. The number of nitrogens with one attached hydrogen (secondary N) is 1. The highest BCUT2D eigenvalue weighted by molar-refractivity contribution is 6.35. The first kappa shape index (κ1) is 14.1. The Bertz CT molecular complexity index is 561. The van der Waals surface area contributed by atoms with Gasteiger partial charge in [0.25, 0.3) is 0 Å². The summed E-state index contributed by atoms with van der Waals surface area (Å²) >= 11 is 11.9. The van der Waals surface area contributed by atoms with Crippen molar-refractivity contribution in [2.75, 3.05) is 7.05 Å². The maximum Gasteiger partial charge on any atom is 0.138 e. The average molecular weight is 297 g/mol. The van der Waals surface area contributed by atoms with Gasteiger partial charge in [-0.15, -0.1) is 0 Å². The Kier molecular flexibility index (Phi) is 5.02. The predicted molar refractivity (Wildman–Crippen MR) is 77.8 cm³/mol. The molecule has 19 heavy (non-hydrogen) atoms. The van der Waals surface area contributed by atoms with E-state index in [2.05, 4.69) is 10.3 Å². The average Bonchev–Trinajstić information content (AvgIpc) is 2.38. The molecule has 0 aliphatic rings. The van der Waals surface area contributed by atoms with Crippen molar-refractivity contribution in [3.63, 3.8) is 0 Å². The van der Waals surface area contributed by atoms with Gasteiger partial charge in [-0.3, -0.25) is 4.98 Å². The van der Waals surface area contributed by atoms with Crippen molar-refractivity contribution >= 4 is 23.2 Å². The molecule has 0 saturated carbocycles. The lowest BCUT2D eigenvalue weighted by molar-refractivity contribution is 0.301. The van der Waals surface area contributed by atoms with Crippen molar-refractivity contribution in [3.05, 3.63) is 57.8 Å². The fraction of sp³-hybridized carbons (Fsp3) is 0.214. The van der Waals surface area contributed by atoms with Crippen molar-refractivity contribution in [1.29, 1.82) is 0 Å². The van der Waals surface area contributed by atoms with Crippen LogP contribution < -0.4 is 10.1 Å². The summed E-state index contributed by atoms with van der Waals surface area (Å²) in [5, 5.41) is 4.15. The highest BCUT2D eigenvalue weighted by Gasteiger charge is 2.04. The van der Waals surface area contributed by atoms with Crippen LogP contribution >= 0.6 is 23.2 Å². The monoisotopic (exact) mass is 296 g/mol. The Morgan fingerprint density at radius 1 is 1.16 bits per heavy atom. The van der Waals surface area contributed by atoms with Gasteiger partial charge in [0, 0.05) is 11.6 Å². The van der Waals surface area contributed by atoms with Crippen LogP contribution in [0.3, 0.4) is 0 Å². The van der Waals surface area contributed by atoms with Crippen LogP contribution in [-0.2, 0) is 13.2 Å². The second-order valence-corrected chi connectivity index (χ2v) is 4.86. The lowest BCUT2D eigenvalue weighted by atomic mass is 10.3. The van der Waals surface area contributed by atoms with Crippen molar-refractivity contribution < 1.29 is 4.74 Å². The van der Waals surface area contributed by atoms with E-state index in [-0.39, 0.29) is 0 Å². The Labute approximate surface area is 122 Å². The molecule has 1 aromatic carbocycles. The first-order valence-corrected chi connectivity index (χ1v) is 6.62. The van der Waals surface area contributed by atoms with Crippen molar-refractivity contribution in [3.8, 4) is 5.75 Å². The molecular weight excluding hydrogens is 283 g/mol. The van der Waals surface area contributed by atoms with Crippen LogP contribution in [0.4, 0.5) is 0 Å². The molecule has 1 N–H and O–H groups in total. The zero-order valence-corrected chi connectivity index (χ0v) is 12.0. The molecule has 0 aliphatic carbocycles. The number of pyridine rings is 1. The summed E-state index contributed by atoms with van der Waals surface area (Å²) in [4.78, 5) is 4.47. The van der Waals surface area contributed by atoms with E-state index in [4.69, 9.17) is 27.9 Å². The highest BCUT2D eigenvalue weighted by atomic mass is 35.5. The molecule has 0 fully saturated rings. The molecule has 0 radical (unpaired) electrons. The normalized spacial score (nSPS) is 10.5. The number of ether oxygens (including phenoxy) is 1. The third-order valence-electron chi connectivity index (χ3n) is 2.49. The Hall–Kier alpha value is -1.29.